The molecular weight excluding hydrogens is 328 g/mol. The van der Waals surface area contributed by atoms with E-state index in [0.717, 1.165) is 5.56 Å². The zero-order valence-corrected chi connectivity index (χ0v) is 14.3. The SMILES string of the molecule is COc1cc(CC2(O)c3ccccc3C(=O)c3ccccc32)ccc1O. The van der Waals surface area contributed by atoms with E-state index in [1.807, 2.05) is 12.1 Å². The Morgan fingerprint density at radius 1 is 0.923 bits per heavy atom. The molecule has 0 amide bonds. The van der Waals surface area contributed by atoms with Gasteiger partial charge in [-0.05, 0) is 28.8 Å². The number of phenols is 1. The third-order valence-corrected chi connectivity index (χ3v) is 4.94. The van der Waals surface area contributed by atoms with E-state index in [4.69, 9.17) is 4.74 Å². The van der Waals surface area contributed by atoms with E-state index in [2.05, 4.69) is 0 Å². The molecule has 4 heteroatoms. The van der Waals surface area contributed by atoms with Crippen molar-refractivity contribution in [2.75, 3.05) is 7.11 Å². The molecule has 0 saturated heterocycles. The number of hydrogen-bond donors (Lipinski definition) is 2. The van der Waals surface area contributed by atoms with Gasteiger partial charge in [0.2, 0.25) is 0 Å². The predicted molar refractivity (Wildman–Crippen MR) is 97.7 cm³/mol. The molecule has 130 valence electrons. The summed E-state index contributed by atoms with van der Waals surface area (Å²) in [4.78, 5) is 12.8. The minimum absolute atomic E-state index is 0.0443. The number of phenolic OH excluding ortho intramolecular Hbond substituents is 1. The van der Waals surface area contributed by atoms with Gasteiger partial charge in [-0.25, -0.2) is 0 Å². The smallest absolute Gasteiger partial charge is 0.193 e. The van der Waals surface area contributed by atoms with E-state index in [9.17, 15) is 15.0 Å². The highest BCUT2D eigenvalue weighted by atomic mass is 16.5. The second kappa shape index (κ2) is 6.00. The van der Waals surface area contributed by atoms with Gasteiger partial charge in [0.25, 0.3) is 0 Å². The van der Waals surface area contributed by atoms with Crippen molar-refractivity contribution >= 4 is 5.78 Å². The molecule has 1 aliphatic carbocycles. The first-order chi connectivity index (χ1) is 12.5. The van der Waals surface area contributed by atoms with Crippen LogP contribution in [0.15, 0.2) is 66.7 Å². The summed E-state index contributed by atoms with van der Waals surface area (Å²) >= 11 is 0. The van der Waals surface area contributed by atoms with Crippen molar-refractivity contribution in [2.24, 2.45) is 0 Å². The molecule has 0 aliphatic heterocycles. The first-order valence-corrected chi connectivity index (χ1v) is 8.36. The van der Waals surface area contributed by atoms with E-state index < -0.39 is 5.60 Å². The van der Waals surface area contributed by atoms with Crippen LogP contribution in [0.1, 0.15) is 32.6 Å². The van der Waals surface area contributed by atoms with Gasteiger partial charge in [0.15, 0.2) is 17.3 Å². The fraction of sp³-hybridized carbons (Fsp3) is 0.136. The number of rotatable bonds is 3. The number of methoxy groups -OCH3 is 1. The van der Waals surface area contributed by atoms with Crippen molar-refractivity contribution in [3.05, 3.63) is 94.5 Å². The number of aromatic hydroxyl groups is 1. The van der Waals surface area contributed by atoms with Gasteiger partial charge < -0.3 is 14.9 Å². The largest absolute Gasteiger partial charge is 0.504 e. The first kappa shape index (κ1) is 16.4. The van der Waals surface area contributed by atoms with Gasteiger partial charge in [-0.15, -0.1) is 0 Å². The highest BCUT2D eigenvalue weighted by Gasteiger charge is 2.41. The summed E-state index contributed by atoms with van der Waals surface area (Å²) in [6, 6.07) is 19.3. The lowest BCUT2D eigenvalue weighted by atomic mass is 9.71. The number of fused-ring (bicyclic) bond motifs is 2. The van der Waals surface area contributed by atoms with Crippen LogP contribution in [0.5, 0.6) is 11.5 Å². The van der Waals surface area contributed by atoms with Gasteiger partial charge in [-0.1, -0.05) is 54.6 Å². The van der Waals surface area contributed by atoms with Crippen LogP contribution in [-0.4, -0.2) is 23.1 Å². The summed E-state index contributed by atoms with van der Waals surface area (Å²) in [7, 11) is 1.48. The van der Waals surface area contributed by atoms with E-state index in [0.29, 0.717) is 28.0 Å². The number of ether oxygens (including phenoxy) is 1. The van der Waals surface area contributed by atoms with Gasteiger partial charge >= 0.3 is 0 Å². The van der Waals surface area contributed by atoms with Gasteiger partial charge in [-0.2, -0.15) is 0 Å². The molecule has 0 saturated carbocycles. The average Bonchev–Trinajstić information content (AvgIpc) is 2.68. The molecule has 2 N–H and O–H groups in total. The molecule has 4 nitrogen and oxygen atoms in total. The molecule has 4 rings (SSSR count). The van der Waals surface area contributed by atoms with Gasteiger partial charge in [0, 0.05) is 17.5 Å². The molecular formula is C22H18O4. The standard InChI is InChI=1S/C22H18O4/c1-26-20-12-14(10-11-19(20)23)13-22(25)17-8-4-2-6-15(17)21(24)16-7-3-5-9-18(16)22/h2-12,23,25H,13H2,1H3. The lowest BCUT2D eigenvalue weighted by Gasteiger charge is -2.36. The Bertz CT molecular complexity index is 957. The molecule has 0 fully saturated rings. The summed E-state index contributed by atoms with van der Waals surface area (Å²) in [6.07, 6.45) is 0.255. The molecule has 26 heavy (non-hydrogen) atoms. The second-order valence-electron chi connectivity index (χ2n) is 6.46. The van der Waals surface area contributed by atoms with Crippen LogP contribution in [0, 0.1) is 0 Å². The Morgan fingerprint density at radius 3 is 2.08 bits per heavy atom. The Balaban J connectivity index is 1.90. The minimum atomic E-state index is -1.34. The van der Waals surface area contributed by atoms with E-state index in [1.54, 1.807) is 54.6 Å². The topological polar surface area (TPSA) is 66.8 Å². The molecule has 0 radical (unpaired) electrons. The van der Waals surface area contributed by atoms with Gasteiger partial charge in [0.05, 0.1) is 7.11 Å². The zero-order valence-electron chi connectivity index (χ0n) is 14.3. The van der Waals surface area contributed by atoms with Crippen LogP contribution < -0.4 is 4.74 Å². The number of hydrogen-bond acceptors (Lipinski definition) is 4. The lowest BCUT2D eigenvalue weighted by molar-refractivity contribution is 0.0720. The van der Waals surface area contributed by atoms with Crippen molar-refractivity contribution in [1.29, 1.82) is 0 Å². The van der Waals surface area contributed by atoms with Crippen molar-refractivity contribution in [3.8, 4) is 11.5 Å². The number of carbonyl (C=O) groups is 1. The zero-order chi connectivity index (χ0) is 18.3. The van der Waals surface area contributed by atoms with Crippen LogP contribution in [0.3, 0.4) is 0 Å². The predicted octanol–water partition coefficient (Wildman–Crippen LogP) is 3.42. The van der Waals surface area contributed by atoms with E-state index in [1.165, 1.54) is 7.11 Å². The van der Waals surface area contributed by atoms with Crippen molar-refractivity contribution in [1.82, 2.24) is 0 Å². The monoisotopic (exact) mass is 346 g/mol. The van der Waals surface area contributed by atoms with Crippen LogP contribution in [0.4, 0.5) is 0 Å². The van der Waals surface area contributed by atoms with Gasteiger partial charge in [0.1, 0.15) is 5.60 Å². The van der Waals surface area contributed by atoms with Crippen molar-refractivity contribution in [3.63, 3.8) is 0 Å². The first-order valence-electron chi connectivity index (χ1n) is 8.36. The molecule has 0 heterocycles. The normalized spacial score (nSPS) is 14.5. The molecule has 0 atom stereocenters. The van der Waals surface area contributed by atoms with Crippen LogP contribution >= 0.6 is 0 Å². The summed E-state index contributed by atoms with van der Waals surface area (Å²) < 4.78 is 5.18. The van der Waals surface area contributed by atoms with E-state index in [-0.39, 0.29) is 18.0 Å². The molecule has 0 unspecified atom stereocenters. The Hall–Kier alpha value is -3.11. The van der Waals surface area contributed by atoms with Crippen molar-refractivity contribution in [2.45, 2.75) is 12.0 Å². The third-order valence-electron chi connectivity index (χ3n) is 4.94. The Morgan fingerprint density at radius 2 is 1.50 bits per heavy atom. The number of aliphatic hydroxyl groups is 1. The molecule has 3 aromatic rings. The summed E-state index contributed by atoms with van der Waals surface area (Å²) in [5.41, 5.74) is 1.66. The average molecular weight is 346 g/mol. The van der Waals surface area contributed by atoms with Crippen molar-refractivity contribution < 1.29 is 19.7 Å². The van der Waals surface area contributed by atoms with E-state index >= 15 is 0 Å². The maximum atomic E-state index is 12.8. The molecule has 1 aliphatic rings. The summed E-state index contributed by atoms with van der Waals surface area (Å²) in [5, 5.41) is 21.5. The Kier molecular flexibility index (Phi) is 3.78. The fourth-order valence-electron chi connectivity index (χ4n) is 3.69. The third kappa shape index (κ3) is 2.38. The van der Waals surface area contributed by atoms with Crippen LogP contribution in [0.25, 0.3) is 0 Å². The Labute approximate surface area is 151 Å². The highest BCUT2D eigenvalue weighted by Crippen LogP contribution is 2.42. The molecule has 0 bridgehead atoms. The highest BCUT2D eigenvalue weighted by molar-refractivity contribution is 6.13. The second-order valence-corrected chi connectivity index (χ2v) is 6.46. The molecule has 0 aromatic heterocycles. The van der Waals surface area contributed by atoms with Crippen LogP contribution in [0.2, 0.25) is 0 Å². The lowest BCUT2D eigenvalue weighted by Crippen LogP contribution is -2.37. The molecule has 0 spiro atoms. The van der Waals surface area contributed by atoms with Crippen LogP contribution in [-0.2, 0) is 12.0 Å². The number of carbonyl (C=O) groups excluding carboxylic acids is 1. The minimum Gasteiger partial charge on any atom is -0.504 e. The number of ketones is 1. The molecule has 3 aromatic carbocycles. The summed E-state index contributed by atoms with van der Waals surface area (Å²) in [5.74, 6) is 0.312. The maximum absolute atomic E-state index is 12.8. The maximum Gasteiger partial charge on any atom is 0.193 e. The van der Waals surface area contributed by atoms with Gasteiger partial charge in [-0.3, -0.25) is 4.79 Å². The fourth-order valence-corrected chi connectivity index (χ4v) is 3.69. The quantitative estimate of drug-likeness (QED) is 0.763. The summed E-state index contributed by atoms with van der Waals surface area (Å²) in [6.45, 7) is 0. The number of benzene rings is 3.